The Bertz CT molecular complexity index is 667. The second kappa shape index (κ2) is 6.50. The van der Waals surface area contributed by atoms with Crippen molar-refractivity contribution in [3.8, 4) is 0 Å². The molecule has 0 saturated heterocycles. The van der Waals surface area contributed by atoms with E-state index in [1.165, 1.54) is 0 Å². The van der Waals surface area contributed by atoms with Crippen molar-refractivity contribution < 1.29 is 14.4 Å². The lowest BCUT2D eigenvalue weighted by molar-refractivity contribution is 0.0933. The molecule has 1 heterocycles. The maximum absolute atomic E-state index is 11.9. The highest BCUT2D eigenvalue weighted by atomic mass is 35.5. The van der Waals surface area contributed by atoms with Crippen molar-refractivity contribution in [3.63, 3.8) is 0 Å². The Morgan fingerprint density at radius 2 is 2.27 bits per heavy atom. The van der Waals surface area contributed by atoms with Gasteiger partial charge < -0.3 is 14.9 Å². The van der Waals surface area contributed by atoms with Gasteiger partial charge in [0.05, 0.1) is 6.10 Å². The molecular weight excluding hydrogens is 304 g/mol. The van der Waals surface area contributed by atoms with Crippen LogP contribution in [0.3, 0.4) is 0 Å². The Hall–Kier alpha value is -1.85. The summed E-state index contributed by atoms with van der Waals surface area (Å²) in [6.45, 7) is 0.345. The van der Waals surface area contributed by atoms with Crippen LogP contribution >= 0.6 is 11.6 Å². The first-order valence-electron chi connectivity index (χ1n) is 7.32. The molecule has 1 amide bonds. The molecule has 1 fully saturated rings. The van der Waals surface area contributed by atoms with Gasteiger partial charge >= 0.3 is 0 Å². The number of benzene rings is 1. The van der Waals surface area contributed by atoms with E-state index in [1.807, 2.05) is 0 Å². The van der Waals surface area contributed by atoms with E-state index < -0.39 is 6.10 Å². The summed E-state index contributed by atoms with van der Waals surface area (Å²) in [6, 6.07) is 8.75. The molecule has 1 atom stereocenters. The summed E-state index contributed by atoms with van der Waals surface area (Å²) in [5.74, 6) is 0.928. The van der Waals surface area contributed by atoms with E-state index in [-0.39, 0.29) is 5.91 Å². The Labute approximate surface area is 133 Å². The van der Waals surface area contributed by atoms with Crippen LogP contribution in [-0.2, 0) is 0 Å². The molecular formula is C16H17ClN2O3. The summed E-state index contributed by atoms with van der Waals surface area (Å²) in [6.07, 6.45) is 1.93. The van der Waals surface area contributed by atoms with E-state index in [4.69, 9.17) is 16.1 Å². The van der Waals surface area contributed by atoms with Crippen LogP contribution in [0, 0.1) is 0 Å². The highest BCUT2D eigenvalue weighted by molar-refractivity contribution is 6.30. The number of aromatic nitrogens is 1. The minimum absolute atomic E-state index is 0.283. The first kappa shape index (κ1) is 15.1. The zero-order valence-corrected chi connectivity index (χ0v) is 12.7. The van der Waals surface area contributed by atoms with Crippen LogP contribution in [0.4, 0.5) is 0 Å². The van der Waals surface area contributed by atoms with Crippen LogP contribution in [0.25, 0.3) is 0 Å². The fourth-order valence-electron chi connectivity index (χ4n) is 2.25. The van der Waals surface area contributed by atoms with Gasteiger partial charge in [-0.25, -0.2) is 0 Å². The molecule has 3 rings (SSSR count). The number of nitrogens with one attached hydrogen (secondary N) is 1. The molecule has 0 spiro atoms. The molecule has 1 saturated carbocycles. The first-order valence-corrected chi connectivity index (χ1v) is 7.69. The highest BCUT2D eigenvalue weighted by Gasteiger charge is 2.28. The van der Waals surface area contributed by atoms with Gasteiger partial charge in [-0.3, -0.25) is 4.79 Å². The summed E-state index contributed by atoms with van der Waals surface area (Å²) in [5.41, 5.74) is 1.03. The van der Waals surface area contributed by atoms with Gasteiger partial charge in [0, 0.05) is 23.6 Å². The predicted molar refractivity (Wildman–Crippen MR) is 81.8 cm³/mol. The van der Waals surface area contributed by atoms with Crippen molar-refractivity contribution in [3.05, 3.63) is 52.4 Å². The Kier molecular flexibility index (Phi) is 4.45. The lowest BCUT2D eigenvalue weighted by Crippen LogP contribution is -2.25. The van der Waals surface area contributed by atoms with Gasteiger partial charge in [-0.2, -0.15) is 0 Å². The maximum Gasteiger partial charge on any atom is 0.273 e. The summed E-state index contributed by atoms with van der Waals surface area (Å²) >= 11 is 5.89. The molecule has 0 unspecified atom stereocenters. The molecule has 0 bridgehead atoms. The van der Waals surface area contributed by atoms with Gasteiger partial charge in [-0.05, 0) is 37.0 Å². The molecule has 1 aromatic heterocycles. The molecule has 2 N–H and O–H groups in total. The largest absolute Gasteiger partial charge is 0.388 e. The molecule has 0 aliphatic heterocycles. The molecule has 6 heteroatoms. The van der Waals surface area contributed by atoms with Gasteiger partial charge in [-0.15, -0.1) is 0 Å². The van der Waals surface area contributed by atoms with Crippen molar-refractivity contribution in [2.24, 2.45) is 0 Å². The zero-order chi connectivity index (χ0) is 15.5. The highest BCUT2D eigenvalue weighted by Crippen LogP contribution is 2.40. The average Bonchev–Trinajstić information content (AvgIpc) is 3.24. The van der Waals surface area contributed by atoms with E-state index in [2.05, 4.69) is 10.5 Å². The number of rotatable bonds is 6. The fraction of sp³-hybridized carbons (Fsp3) is 0.375. The van der Waals surface area contributed by atoms with Crippen molar-refractivity contribution in [1.29, 1.82) is 0 Å². The summed E-state index contributed by atoms with van der Waals surface area (Å²) < 4.78 is 5.14. The second-order valence-electron chi connectivity index (χ2n) is 5.50. The van der Waals surface area contributed by atoms with Gasteiger partial charge in [0.1, 0.15) is 5.76 Å². The van der Waals surface area contributed by atoms with E-state index >= 15 is 0 Å². The molecule has 1 aliphatic rings. The quantitative estimate of drug-likeness (QED) is 0.857. The number of amides is 1. The standard InChI is InChI=1S/C16H17ClN2O3/c17-12-3-1-2-11(8-12)14(20)6-7-18-16(21)13-9-15(22-19-13)10-4-5-10/h1-3,8-10,14,20H,4-7H2,(H,18,21)/t14-/m1/s1. The third-order valence-electron chi connectivity index (χ3n) is 3.68. The van der Waals surface area contributed by atoms with E-state index in [9.17, 15) is 9.90 Å². The molecule has 116 valence electrons. The number of nitrogens with zero attached hydrogens (tertiary/aromatic N) is 1. The third kappa shape index (κ3) is 3.67. The molecule has 2 aromatic rings. The normalized spacial score (nSPS) is 15.5. The lowest BCUT2D eigenvalue weighted by atomic mass is 10.1. The van der Waals surface area contributed by atoms with Crippen LogP contribution in [0.2, 0.25) is 5.02 Å². The van der Waals surface area contributed by atoms with Gasteiger partial charge in [-0.1, -0.05) is 28.9 Å². The topological polar surface area (TPSA) is 75.4 Å². The SMILES string of the molecule is O=C(NCC[C@@H](O)c1cccc(Cl)c1)c1cc(C2CC2)on1. The molecule has 0 radical (unpaired) electrons. The van der Waals surface area contributed by atoms with Crippen molar-refractivity contribution in [2.45, 2.75) is 31.3 Å². The summed E-state index contributed by atoms with van der Waals surface area (Å²) in [7, 11) is 0. The van der Waals surface area contributed by atoms with Gasteiger partial charge in [0.15, 0.2) is 5.69 Å². The molecule has 1 aliphatic carbocycles. The van der Waals surface area contributed by atoms with Crippen LogP contribution in [0.15, 0.2) is 34.9 Å². The van der Waals surface area contributed by atoms with E-state index in [0.717, 1.165) is 24.2 Å². The molecule has 1 aromatic carbocycles. The van der Waals surface area contributed by atoms with Crippen molar-refractivity contribution in [2.75, 3.05) is 6.54 Å². The first-order chi connectivity index (χ1) is 10.6. The van der Waals surface area contributed by atoms with Crippen LogP contribution in [0.5, 0.6) is 0 Å². The second-order valence-corrected chi connectivity index (χ2v) is 5.94. The Morgan fingerprint density at radius 3 is 3.00 bits per heavy atom. The number of aliphatic hydroxyl groups is 1. The minimum atomic E-state index is -0.668. The minimum Gasteiger partial charge on any atom is -0.388 e. The zero-order valence-electron chi connectivity index (χ0n) is 12.0. The Morgan fingerprint density at radius 1 is 1.45 bits per heavy atom. The van der Waals surface area contributed by atoms with Gasteiger partial charge in [0.2, 0.25) is 0 Å². The number of carbonyl (C=O) groups excluding carboxylic acids is 1. The van der Waals surface area contributed by atoms with Crippen molar-refractivity contribution >= 4 is 17.5 Å². The van der Waals surface area contributed by atoms with Crippen LogP contribution in [-0.4, -0.2) is 22.7 Å². The van der Waals surface area contributed by atoms with Crippen molar-refractivity contribution in [1.82, 2.24) is 10.5 Å². The number of hydrogen-bond acceptors (Lipinski definition) is 4. The third-order valence-corrected chi connectivity index (χ3v) is 3.91. The monoisotopic (exact) mass is 320 g/mol. The van der Waals surface area contributed by atoms with E-state index in [1.54, 1.807) is 30.3 Å². The smallest absolute Gasteiger partial charge is 0.273 e. The lowest BCUT2D eigenvalue weighted by Gasteiger charge is -2.11. The van der Waals surface area contributed by atoms with Crippen LogP contribution < -0.4 is 5.32 Å². The molecule has 5 nitrogen and oxygen atoms in total. The fourth-order valence-corrected chi connectivity index (χ4v) is 2.45. The number of hydrogen-bond donors (Lipinski definition) is 2. The number of carbonyl (C=O) groups is 1. The number of halogens is 1. The predicted octanol–water partition coefficient (Wildman–Crippen LogP) is 3.06. The summed E-state index contributed by atoms with van der Waals surface area (Å²) in [4.78, 5) is 11.9. The summed E-state index contributed by atoms with van der Waals surface area (Å²) in [5, 5.41) is 17.2. The average molecular weight is 321 g/mol. The van der Waals surface area contributed by atoms with Crippen LogP contribution in [0.1, 0.15) is 53.1 Å². The Balaban J connectivity index is 1.48. The van der Waals surface area contributed by atoms with Gasteiger partial charge in [0.25, 0.3) is 5.91 Å². The molecule has 22 heavy (non-hydrogen) atoms. The maximum atomic E-state index is 11.9. The van der Waals surface area contributed by atoms with E-state index in [0.29, 0.717) is 29.6 Å². The number of aliphatic hydroxyl groups excluding tert-OH is 1.